The van der Waals surface area contributed by atoms with Gasteiger partial charge < -0.3 is 4.74 Å². The van der Waals surface area contributed by atoms with E-state index in [1.54, 1.807) is 0 Å². The third kappa shape index (κ3) is 8.46. The Kier molecular flexibility index (Phi) is 11.9. The van der Waals surface area contributed by atoms with Crippen LogP contribution < -0.4 is 4.74 Å². The Morgan fingerprint density at radius 3 is 2.32 bits per heavy atom. The van der Waals surface area contributed by atoms with E-state index in [0.29, 0.717) is 17.2 Å². The van der Waals surface area contributed by atoms with Gasteiger partial charge in [0.1, 0.15) is 11.5 Å². The van der Waals surface area contributed by atoms with Gasteiger partial charge in [0.15, 0.2) is 0 Å². The molecule has 0 amide bonds. The highest BCUT2D eigenvalue weighted by molar-refractivity contribution is 6.26. The van der Waals surface area contributed by atoms with Gasteiger partial charge in [0.25, 0.3) is 0 Å². The summed E-state index contributed by atoms with van der Waals surface area (Å²) in [5, 5.41) is 9.68. The summed E-state index contributed by atoms with van der Waals surface area (Å²) in [4.78, 5) is 4.92. The van der Waals surface area contributed by atoms with Crippen LogP contribution in [-0.4, -0.2) is 5.71 Å². The Bertz CT molecular complexity index is 1170. The molecular weight excluding hydrogens is 452 g/mol. The lowest BCUT2D eigenvalue weighted by molar-refractivity contribution is 0.425. The number of hydrogen-bond acceptors (Lipinski definition) is 3. The fourth-order valence-corrected chi connectivity index (χ4v) is 4.38. The highest BCUT2D eigenvalue weighted by Crippen LogP contribution is 2.40. The molecule has 1 saturated carbocycles. The summed E-state index contributed by atoms with van der Waals surface area (Å²) in [5.74, 6) is 2.45. The van der Waals surface area contributed by atoms with E-state index in [1.807, 2.05) is 44.3 Å². The predicted molar refractivity (Wildman–Crippen MR) is 160 cm³/mol. The van der Waals surface area contributed by atoms with E-state index in [4.69, 9.17) is 9.73 Å². The molecular formula is C34H46N2O. The summed E-state index contributed by atoms with van der Waals surface area (Å²) >= 11 is 0. The highest BCUT2D eigenvalue weighted by Gasteiger charge is 2.26. The molecule has 1 aliphatic rings. The quantitative estimate of drug-likeness (QED) is 0.163. The summed E-state index contributed by atoms with van der Waals surface area (Å²) in [7, 11) is 0. The predicted octanol–water partition coefficient (Wildman–Crippen LogP) is 10.1. The van der Waals surface area contributed by atoms with Crippen molar-refractivity contribution in [1.82, 2.24) is 0 Å². The molecule has 37 heavy (non-hydrogen) atoms. The molecule has 0 saturated heterocycles. The van der Waals surface area contributed by atoms with Gasteiger partial charge in [-0.15, -0.1) is 0 Å². The van der Waals surface area contributed by atoms with Crippen LogP contribution in [0.5, 0.6) is 5.75 Å². The average Bonchev–Trinajstić information content (AvgIpc) is 3.73. The summed E-state index contributed by atoms with van der Waals surface area (Å²) in [6.45, 7) is 19.4. The number of allylic oxidation sites excluding steroid dienone is 9. The van der Waals surface area contributed by atoms with Gasteiger partial charge in [-0.2, -0.15) is 5.26 Å². The molecule has 0 N–H and O–H groups in total. The summed E-state index contributed by atoms with van der Waals surface area (Å²) in [6.07, 6.45) is 13.8. The highest BCUT2D eigenvalue weighted by atomic mass is 16.5. The van der Waals surface area contributed by atoms with Gasteiger partial charge in [-0.05, 0) is 120 Å². The Morgan fingerprint density at radius 2 is 1.81 bits per heavy atom. The lowest BCUT2D eigenvalue weighted by atomic mass is 9.88. The molecule has 3 nitrogen and oxygen atoms in total. The van der Waals surface area contributed by atoms with Crippen LogP contribution >= 0.6 is 0 Å². The molecule has 1 aliphatic carbocycles. The van der Waals surface area contributed by atoms with Gasteiger partial charge in [0.05, 0.1) is 17.3 Å². The maximum absolute atomic E-state index is 9.68. The number of aliphatic imine (C=N–C) groups is 1. The van der Waals surface area contributed by atoms with Crippen LogP contribution in [0.4, 0.5) is 0 Å². The summed E-state index contributed by atoms with van der Waals surface area (Å²) in [6, 6.07) is 8.06. The first-order valence-electron chi connectivity index (χ1n) is 13.9. The van der Waals surface area contributed by atoms with E-state index < -0.39 is 0 Å². The first kappa shape index (κ1) is 30.1. The van der Waals surface area contributed by atoms with Crippen LogP contribution in [0.1, 0.15) is 106 Å². The van der Waals surface area contributed by atoms with Crippen LogP contribution in [0.2, 0.25) is 0 Å². The minimum absolute atomic E-state index is 0.259. The van der Waals surface area contributed by atoms with E-state index in [1.165, 1.54) is 35.1 Å². The molecule has 0 spiro atoms. The minimum Gasteiger partial charge on any atom is -0.461 e. The van der Waals surface area contributed by atoms with Gasteiger partial charge in [-0.3, -0.25) is 4.99 Å². The summed E-state index contributed by atoms with van der Waals surface area (Å²) in [5.41, 5.74) is 9.04. The monoisotopic (exact) mass is 498 g/mol. The molecule has 2 rings (SSSR count). The second-order valence-electron chi connectivity index (χ2n) is 10.3. The molecule has 3 heteroatoms. The third-order valence-corrected chi connectivity index (χ3v) is 7.13. The smallest absolute Gasteiger partial charge is 0.136 e. The van der Waals surface area contributed by atoms with Crippen LogP contribution in [0.25, 0.3) is 5.57 Å². The van der Waals surface area contributed by atoms with Gasteiger partial charge in [0.2, 0.25) is 0 Å². The molecule has 1 atom stereocenters. The van der Waals surface area contributed by atoms with E-state index in [-0.39, 0.29) is 5.92 Å². The van der Waals surface area contributed by atoms with Crippen molar-refractivity contribution in [3.05, 3.63) is 81.8 Å². The molecule has 0 radical (unpaired) electrons. The largest absolute Gasteiger partial charge is 0.461 e. The van der Waals surface area contributed by atoms with Crippen LogP contribution in [0, 0.1) is 23.2 Å². The fraction of sp³-hybridized carbons (Fsp3) is 0.471. The molecule has 0 unspecified atom stereocenters. The molecule has 0 aliphatic heterocycles. The second kappa shape index (κ2) is 14.6. The summed E-state index contributed by atoms with van der Waals surface area (Å²) < 4.78 is 6.56. The first-order valence-corrected chi connectivity index (χ1v) is 13.9. The number of nitriles is 1. The Hall–Kier alpha value is -3.12. The third-order valence-electron chi connectivity index (χ3n) is 7.13. The van der Waals surface area contributed by atoms with Crippen LogP contribution in [0.15, 0.2) is 75.7 Å². The topological polar surface area (TPSA) is 45.4 Å². The van der Waals surface area contributed by atoms with Crippen molar-refractivity contribution < 1.29 is 4.74 Å². The fourth-order valence-electron chi connectivity index (χ4n) is 4.38. The average molecular weight is 499 g/mol. The van der Waals surface area contributed by atoms with Gasteiger partial charge >= 0.3 is 0 Å². The molecule has 1 aromatic carbocycles. The van der Waals surface area contributed by atoms with Crippen LogP contribution in [-0.2, 0) is 0 Å². The second-order valence-corrected chi connectivity index (χ2v) is 10.3. The molecule has 0 aromatic heterocycles. The zero-order valence-corrected chi connectivity index (χ0v) is 24.5. The molecule has 1 aromatic rings. The van der Waals surface area contributed by atoms with Crippen molar-refractivity contribution in [2.24, 2.45) is 16.8 Å². The van der Waals surface area contributed by atoms with Crippen molar-refractivity contribution in [1.29, 1.82) is 5.26 Å². The zero-order valence-electron chi connectivity index (χ0n) is 24.5. The number of nitrogens with zero attached hydrogens (tertiary/aromatic N) is 2. The van der Waals surface area contributed by atoms with Crippen molar-refractivity contribution in [3.63, 3.8) is 0 Å². The Labute approximate surface area is 226 Å². The van der Waals surface area contributed by atoms with E-state index in [0.717, 1.165) is 41.9 Å². The minimum atomic E-state index is 0.259. The number of rotatable bonds is 12. The van der Waals surface area contributed by atoms with Gasteiger partial charge in [0, 0.05) is 17.3 Å². The Morgan fingerprint density at radius 1 is 1.11 bits per heavy atom. The molecule has 1 fully saturated rings. The molecule has 198 valence electrons. The number of benzene rings is 1. The van der Waals surface area contributed by atoms with Gasteiger partial charge in [-0.25, -0.2) is 0 Å². The lowest BCUT2D eigenvalue weighted by Crippen LogP contribution is -2.14. The standard InChI is InChI=1S/C34H46N2O/c1-10-18-36-34(25(8)12-3)32(21-28(13-4)23(5)6)30-17-14-27(22-35)20-33(30)37-26(9)19-31(24(7)11-2)29-15-16-29/h10,14,17-21,25,29H,11-13,15-16H2,1-9H3/b18-10-,26-19+,31-24+,32-21-,36-34+/t25-/m1/s1. The number of hydrogen-bond donors (Lipinski definition) is 0. The van der Waals surface area contributed by atoms with Crippen LogP contribution in [0.3, 0.4) is 0 Å². The lowest BCUT2D eigenvalue weighted by Gasteiger charge is -2.21. The normalized spacial score (nSPS) is 16.4. The van der Waals surface area contributed by atoms with Gasteiger partial charge in [-0.1, -0.05) is 44.9 Å². The zero-order chi connectivity index (χ0) is 27.5. The molecule has 0 bridgehead atoms. The molecule has 0 heterocycles. The number of ether oxygens (including phenoxy) is 1. The SMILES string of the molecule is C\C=C/N=C(/C(=C\C(CC)=C(C)C)c1ccc(C#N)cc1O/C(C)=C/C(=C(/C)CC)C1CC1)[C@H](C)CC. The van der Waals surface area contributed by atoms with Crippen molar-refractivity contribution >= 4 is 11.3 Å². The van der Waals surface area contributed by atoms with Crippen molar-refractivity contribution in [2.75, 3.05) is 0 Å². The van der Waals surface area contributed by atoms with E-state index in [2.05, 4.69) is 66.7 Å². The van der Waals surface area contributed by atoms with E-state index >= 15 is 0 Å². The van der Waals surface area contributed by atoms with E-state index in [9.17, 15) is 5.26 Å². The van der Waals surface area contributed by atoms with Crippen molar-refractivity contribution in [3.8, 4) is 11.8 Å². The Balaban J connectivity index is 2.77. The maximum Gasteiger partial charge on any atom is 0.136 e. The first-order chi connectivity index (χ1) is 17.7. The van der Waals surface area contributed by atoms with Crippen molar-refractivity contribution in [2.45, 2.75) is 94.4 Å². The maximum atomic E-state index is 9.68.